The lowest BCUT2D eigenvalue weighted by Gasteiger charge is -2.11. The second kappa shape index (κ2) is 6.31. The predicted octanol–water partition coefficient (Wildman–Crippen LogP) is 2.38. The lowest BCUT2D eigenvalue weighted by atomic mass is 10.3. The number of aromatic nitrogens is 1. The minimum absolute atomic E-state index is 0.432. The molecule has 0 fully saturated rings. The van der Waals surface area contributed by atoms with Gasteiger partial charge >= 0.3 is 11.9 Å². The van der Waals surface area contributed by atoms with Gasteiger partial charge in [0.1, 0.15) is 5.25 Å². The lowest BCUT2D eigenvalue weighted by Crippen LogP contribution is -2.20. The molecular formula is C13H14N2O4S2. The molecule has 2 N–H and O–H groups in total. The fourth-order valence-corrected chi connectivity index (χ4v) is 3.89. The quantitative estimate of drug-likeness (QED) is 0.788. The molecule has 0 amide bonds. The average molecular weight is 326 g/mol. The molecule has 2 rings (SSSR count). The highest BCUT2D eigenvalue weighted by Crippen LogP contribution is 2.34. The summed E-state index contributed by atoms with van der Waals surface area (Å²) in [5.74, 6) is -2.28. The number of rotatable bonds is 6. The van der Waals surface area contributed by atoms with Gasteiger partial charge in [-0.15, -0.1) is 11.3 Å². The monoisotopic (exact) mass is 326 g/mol. The van der Waals surface area contributed by atoms with Crippen LogP contribution in [-0.4, -0.2) is 46.5 Å². The molecule has 21 heavy (non-hydrogen) atoms. The van der Waals surface area contributed by atoms with E-state index in [1.54, 1.807) is 0 Å². The summed E-state index contributed by atoms with van der Waals surface area (Å²) in [6, 6.07) is 5.81. The van der Waals surface area contributed by atoms with Crippen LogP contribution in [0.25, 0.3) is 10.2 Å². The SMILES string of the molecule is CN(C)c1ccc2sc(SC(CC(=O)O)C(=O)O)nc2c1. The van der Waals surface area contributed by atoms with E-state index in [2.05, 4.69) is 4.98 Å². The Morgan fingerprint density at radius 1 is 1.38 bits per heavy atom. The second-order valence-electron chi connectivity index (χ2n) is 4.57. The number of hydrogen-bond acceptors (Lipinski definition) is 6. The molecular weight excluding hydrogens is 312 g/mol. The number of anilines is 1. The molecule has 0 aliphatic heterocycles. The molecule has 0 saturated heterocycles. The first kappa shape index (κ1) is 15.6. The molecule has 2 aromatic rings. The van der Waals surface area contributed by atoms with Crippen molar-refractivity contribution >= 4 is 50.9 Å². The van der Waals surface area contributed by atoms with Crippen molar-refractivity contribution in [2.24, 2.45) is 0 Å². The zero-order valence-electron chi connectivity index (χ0n) is 11.4. The van der Waals surface area contributed by atoms with Gasteiger partial charge < -0.3 is 15.1 Å². The largest absolute Gasteiger partial charge is 0.481 e. The first-order valence-electron chi connectivity index (χ1n) is 6.06. The topological polar surface area (TPSA) is 90.7 Å². The van der Waals surface area contributed by atoms with Gasteiger partial charge in [0.15, 0.2) is 4.34 Å². The molecule has 0 aliphatic carbocycles. The Balaban J connectivity index is 2.25. The number of fused-ring (bicyclic) bond motifs is 1. The van der Waals surface area contributed by atoms with Crippen molar-refractivity contribution < 1.29 is 19.8 Å². The fraction of sp³-hybridized carbons (Fsp3) is 0.308. The maximum absolute atomic E-state index is 11.1. The summed E-state index contributed by atoms with van der Waals surface area (Å²) < 4.78 is 1.51. The predicted molar refractivity (Wildman–Crippen MR) is 83.5 cm³/mol. The number of carboxylic acids is 2. The van der Waals surface area contributed by atoms with Crippen molar-refractivity contribution in [1.29, 1.82) is 0 Å². The van der Waals surface area contributed by atoms with Gasteiger partial charge in [0.05, 0.1) is 16.6 Å². The molecule has 8 heteroatoms. The Bertz CT molecular complexity index is 684. The summed E-state index contributed by atoms with van der Waals surface area (Å²) in [7, 11) is 3.85. The normalized spacial score (nSPS) is 12.3. The van der Waals surface area contributed by atoms with Gasteiger partial charge in [0, 0.05) is 19.8 Å². The van der Waals surface area contributed by atoms with Crippen LogP contribution < -0.4 is 4.90 Å². The standard InChI is InChI=1S/C13H14N2O4S2/c1-15(2)7-3-4-9-8(5-7)14-13(20-9)21-10(12(18)19)6-11(16)17/h3-5,10H,6H2,1-2H3,(H,16,17)(H,18,19). The van der Waals surface area contributed by atoms with Gasteiger partial charge in [-0.25, -0.2) is 4.98 Å². The zero-order chi connectivity index (χ0) is 15.6. The second-order valence-corrected chi connectivity index (χ2v) is 7.05. The number of nitrogens with zero attached hydrogens (tertiary/aromatic N) is 2. The Morgan fingerprint density at radius 2 is 2.10 bits per heavy atom. The van der Waals surface area contributed by atoms with Crippen LogP contribution in [0.1, 0.15) is 6.42 Å². The van der Waals surface area contributed by atoms with Crippen LogP contribution in [0, 0.1) is 0 Å². The highest BCUT2D eigenvalue weighted by Gasteiger charge is 2.24. The lowest BCUT2D eigenvalue weighted by molar-refractivity contribution is -0.142. The smallest absolute Gasteiger partial charge is 0.317 e. The van der Waals surface area contributed by atoms with Crippen LogP contribution in [0.15, 0.2) is 22.5 Å². The average Bonchev–Trinajstić information content (AvgIpc) is 2.78. The van der Waals surface area contributed by atoms with Crippen molar-refractivity contribution in [3.8, 4) is 0 Å². The van der Waals surface area contributed by atoms with E-state index in [9.17, 15) is 9.59 Å². The van der Waals surface area contributed by atoms with E-state index in [0.29, 0.717) is 4.34 Å². The Labute approximate surface area is 129 Å². The fourth-order valence-electron chi connectivity index (χ4n) is 1.68. The molecule has 1 aromatic heterocycles. The maximum atomic E-state index is 11.1. The van der Waals surface area contributed by atoms with E-state index in [-0.39, 0.29) is 0 Å². The van der Waals surface area contributed by atoms with Crippen molar-refractivity contribution in [2.75, 3.05) is 19.0 Å². The van der Waals surface area contributed by atoms with Crippen molar-refractivity contribution in [3.63, 3.8) is 0 Å². The number of benzene rings is 1. The van der Waals surface area contributed by atoms with E-state index < -0.39 is 23.6 Å². The number of carboxylic acid groups (broad SMARTS) is 2. The molecule has 6 nitrogen and oxygen atoms in total. The molecule has 1 aromatic carbocycles. The molecule has 1 atom stereocenters. The van der Waals surface area contributed by atoms with E-state index >= 15 is 0 Å². The summed E-state index contributed by atoms with van der Waals surface area (Å²) in [6.45, 7) is 0. The molecule has 0 spiro atoms. The minimum atomic E-state index is -1.14. The van der Waals surface area contributed by atoms with Crippen LogP contribution in [-0.2, 0) is 9.59 Å². The van der Waals surface area contributed by atoms with Crippen LogP contribution in [0.4, 0.5) is 5.69 Å². The third-order valence-electron chi connectivity index (χ3n) is 2.75. The van der Waals surface area contributed by atoms with Crippen LogP contribution in [0.5, 0.6) is 0 Å². The Hall–Kier alpha value is -1.80. The van der Waals surface area contributed by atoms with E-state index in [4.69, 9.17) is 10.2 Å². The maximum Gasteiger partial charge on any atom is 0.317 e. The molecule has 112 valence electrons. The van der Waals surface area contributed by atoms with Crippen molar-refractivity contribution in [1.82, 2.24) is 4.98 Å². The number of aliphatic carboxylic acids is 2. The van der Waals surface area contributed by atoms with Crippen LogP contribution in [0.3, 0.4) is 0 Å². The first-order valence-corrected chi connectivity index (χ1v) is 7.75. The summed E-state index contributed by atoms with van der Waals surface area (Å²) in [4.78, 5) is 28.1. The summed E-state index contributed by atoms with van der Waals surface area (Å²) >= 11 is 2.35. The van der Waals surface area contributed by atoms with E-state index in [1.165, 1.54) is 11.3 Å². The molecule has 1 heterocycles. The van der Waals surface area contributed by atoms with Crippen molar-refractivity contribution in [3.05, 3.63) is 18.2 Å². The minimum Gasteiger partial charge on any atom is -0.481 e. The molecule has 0 aliphatic rings. The van der Waals surface area contributed by atoms with Crippen molar-refractivity contribution in [2.45, 2.75) is 16.0 Å². The summed E-state index contributed by atoms with van der Waals surface area (Å²) in [5, 5.41) is 16.8. The third kappa shape index (κ3) is 3.85. The molecule has 0 bridgehead atoms. The van der Waals surface area contributed by atoms with Crippen LogP contribution >= 0.6 is 23.1 Å². The molecule has 0 saturated carbocycles. The number of hydrogen-bond donors (Lipinski definition) is 2. The summed E-state index contributed by atoms with van der Waals surface area (Å²) in [5.41, 5.74) is 1.79. The first-order chi connectivity index (χ1) is 9.86. The van der Waals surface area contributed by atoms with Gasteiger partial charge in [0.25, 0.3) is 0 Å². The van der Waals surface area contributed by atoms with Gasteiger partial charge in [0.2, 0.25) is 0 Å². The van der Waals surface area contributed by atoms with Crippen LogP contribution in [0.2, 0.25) is 0 Å². The molecule has 1 unspecified atom stereocenters. The van der Waals surface area contributed by atoms with E-state index in [1.807, 2.05) is 37.2 Å². The van der Waals surface area contributed by atoms with E-state index in [0.717, 1.165) is 27.7 Å². The van der Waals surface area contributed by atoms with Gasteiger partial charge in [-0.1, -0.05) is 11.8 Å². The molecule has 0 radical (unpaired) electrons. The Morgan fingerprint density at radius 3 is 2.67 bits per heavy atom. The zero-order valence-corrected chi connectivity index (χ0v) is 13.1. The third-order valence-corrected chi connectivity index (χ3v) is 5.06. The number of thiazole rings is 1. The van der Waals surface area contributed by atoms with Gasteiger partial charge in [-0.05, 0) is 18.2 Å². The number of thioether (sulfide) groups is 1. The highest BCUT2D eigenvalue weighted by atomic mass is 32.2. The van der Waals surface area contributed by atoms with Gasteiger partial charge in [-0.2, -0.15) is 0 Å². The van der Waals surface area contributed by atoms with Gasteiger partial charge in [-0.3, -0.25) is 9.59 Å². The number of carbonyl (C=O) groups is 2. The highest BCUT2D eigenvalue weighted by molar-refractivity contribution is 8.02. The summed E-state index contributed by atoms with van der Waals surface area (Å²) in [6.07, 6.45) is -0.432. The Kier molecular flexibility index (Phi) is 4.69.